The number of nitro benzene ring substituents is 1. The molecule has 1 N–H and O–H groups in total. The number of ether oxygens (including phenoxy) is 1. The third-order valence-corrected chi connectivity index (χ3v) is 5.64. The van der Waals surface area contributed by atoms with Crippen LogP contribution in [0.5, 0.6) is 0 Å². The Kier molecular flexibility index (Phi) is 5.76. The molecule has 0 bridgehead atoms. The number of nitrogens with one attached hydrogen (secondary N) is 1. The normalized spacial score (nSPS) is 15.4. The molecule has 1 aliphatic heterocycles. The second kappa shape index (κ2) is 8.06. The molecule has 1 saturated heterocycles. The summed E-state index contributed by atoms with van der Waals surface area (Å²) in [7, 11) is 0. The first-order chi connectivity index (χ1) is 12.9. The van der Waals surface area contributed by atoms with E-state index in [0.717, 1.165) is 5.56 Å². The van der Waals surface area contributed by atoms with Crippen LogP contribution in [0.1, 0.15) is 38.6 Å². The molecule has 1 aromatic heterocycles. The van der Waals surface area contributed by atoms with Crippen LogP contribution in [0.25, 0.3) is 0 Å². The van der Waals surface area contributed by atoms with E-state index in [1.807, 2.05) is 20.8 Å². The van der Waals surface area contributed by atoms with E-state index in [1.165, 1.54) is 15.8 Å². The summed E-state index contributed by atoms with van der Waals surface area (Å²) < 4.78 is 5.25. The summed E-state index contributed by atoms with van der Waals surface area (Å²) in [6, 6.07) is 6.65. The number of nitro groups is 1. The zero-order valence-corrected chi connectivity index (χ0v) is 16.5. The Morgan fingerprint density at radius 3 is 2.59 bits per heavy atom. The van der Waals surface area contributed by atoms with Crippen molar-refractivity contribution in [2.24, 2.45) is 0 Å². The Balaban J connectivity index is 1.84. The molecular weight excluding hydrogens is 366 g/mol. The number of anilines is 1. The Morgan fingerprint density at radius 1 is 1.30 bits per heavy atom. The summed E-state index contributed by atoms with van der Waals surface area (Å²) in [5.41, 5.74) is 1.77. The Labute approximate surface area is 162 Å². The van der Waals surface area contributed by atoms with E-state index in [-0.39, 0.29) is 17.6 Å². The van der Waals surface area contributed by atoms with Gasteiger partial charge in [-0.3, -0.25) is 14.9 Å². The lowest BCUT2D eigenvalue weighted by molar-refractivity contribution is -0.384. The highest BCUT2D eigenvalue weighted by atomic mass is 32.1. The first-order valence-electron chi connectivity index (χ1n) is 8.85. The zero-order chi connectivity index (χ0) is 19.6. The molecule has 0 saturated carbocycles. The van der Waals surface area contributed by atoms with Crippen LogP contribution in [0.15, 0.2) is 24.3 Å². The van der Waals surface area contributed by atoms with Gasteiger partial charge in [0.1, 0.15) is 5.69 Å². The molecule has 7 nitrogen and oxygen atoms in total. The molecule has 0 aliphatic carbocycles. The summed E-state index contributed by atoms with van der Waals surface area (Å²) in [4.78, 5) is 27.8. The van der Waals surface area contributed by atoms with Crippen molar-refractivity contribution in [1.82, 2.24) is 4.90 Å². The van der Waals surface area contributed by atoms with Gasteiger partial charge in [0.05, 0.1) is 18.1 Å². The van der Waals surface area contributed by atoms with Crippen LogP contribution in [-0.2, 0) is 4.74 Å². The summed E-state index contributed by atoms with van der Waals surface area (Å²) in [6.07, 6.45) is 0. The van der Waals surface area contributed by atoms with Crippen molar-refractivity contribution in [3.63, 3.8) is 0 Å². The predicted molar refractivity (Wildman–Crippen MR) is 106 cm³/mol. The number of morpholine rings is 1. The monoisotopic (exact) mass is 389 g/mol. The lowest BCUT2D eigenvalue weighted by Crippen LogP contribution is -2.40. The highest BCUT2D eigenvalue weighted by Crippen LogP contribution is 2.33. The van der Waals surface area contributed by atoms with Gasteiger partial charge >= 0.3 is 0 Å². The fourth-order valence-electron chi connectivity index (χ4n) is 3.28. The number of amides is 1. The van der Waals surface area contributed by atoms with Crippen molar-refractivity contribution < 1.29 is 14.5 Å². The van der Waals surface area contributed by atoms with Gasteiger partial charge in [0, 0.05) is 40.5 Å². The first kappa shape index (κ1) is 19.3. The van der Waals surface area contributed by atoms with Gasteiger partial charge in [-0.1, -0.05) is 0 Å². The molecule has 1 aliphatic rings. The van der Waals surface area contributed by atoms with Gasteiger partial charge in [-0.15, -0.1) is 11.3 Å². The number of benzene rings is 1. The van der Waals surface area contributed by atoms with Crippen molar-refractivity contribution in [1.29, 1.82) is 0 Å². The number of hydrogen-bond donors (Lipinski definition) is 1. The minimum absolute atomic E-state index is 0.0746. The fraction of sp³-hybridized carbons (Fsp3) is 0.421. The lowest BCUT2D eigenvalue weighted by Gasteiger charge is -2.27. The Bertz CT molecular complexity index is 859. The number of nitrogens with zero attached hydrogens (tertiary/aromatic N) is 2. The van der Waals surface area contributed by atoms with Gasteiger partial charge in [0.2, 0.25) is 0 Å². The van der Waals surface area contributed by atoms with Gasteiger partial charge in [0.15, 0.2) is 0 Å². The van der Waals surface area contributed by atoms with Crippen LogP contribution >= 0.6 is 11.3 Å². The largest absolute Gasteiger partial charge is 0.378 e. The Hall–Kier alpha value is -2.45. The fourth-order valence-corrected chi connectivity index (χ4v) is 4.30. The second-order valence-corrected chi connectivity index (χ2v) is 8.09. The molecule has 0 spiro atoms. The number of thiophene rings is 1. The van der Waals surface area contributed by atoms with E-state index in [0.29, 0.717) is 37.6 Å². The molecule has 2 heterocycles. The van der Waals surface area contributed by atoms with E-state index in [4.69, 9.17) is 4.74 Å². The summed E-state index contributed by atoms with van der Waals surface area (Å²) in [6.45, 7) is 8.05. The van der Waals surface area contributed by atoms with Gasteiger partial charge in [0.25, 0.3) is 11.6 Å². The maximum absolute atomic E-state index is 12.6. The first-order valence-corrected chi connectivity index (χ1v) is 9.67. The van der Waals surface area contributed by atoms with Crippen LogP contribution in [0.2, 0.25) is 0 Å². The third kappa shape index (κ3) is 4.28. The molecule has 144 valence electrons. The molecule has 8 heteroatoms. The van der Waals surface area contributed by atoms with E-state index < -0.39 is 4.92 Å². The van der Waals surface area contributed by atoms with Crippen LogP contribution in [0, 0.1) is 24.0 Å². The molecule has 1 amide bonds. The van der Waals surface area contributed by atoms with Crippen molar-refractivity contribution in [2.45, 2.75) is 26.8 Å². The number of rotatable bonds is 5. The molecule has 1 fully saturated rings. The highest BCUT2D eigenvalue weighted by molar-refractivity contribution is 7.12. The van der Waals surface area contributed by atoms with Gasteiger partial charge in [-0.25, -0.2) is 0 Å². The second-order valence-electron chi connectivity index (χ2n) is 6.63. The van der Waals surface area contributed by atoms with Crippen molar-refractivity contribution in [2.75, 3.05) is 31.6 Å². The summed E-state index contributed by atoms with van der Waals surface area (Å²) in [5, 5.41) is 14.8. The van der Waals surface area contributed by atoms with Gasteiger partial charge in [-0.2, -0.15) is 0 Å². The van der Waals surface area contributed by atoms with Crippen LogP contribution in [0.4, 0.5) is 11.4 Å². The number of carbonyl (C=O) groups excluding carboxylic acids is 1. The molecule has 1 atom stereocenters. The van der Waals surface area contributed by atoms with Gasteiger partial charge in [-0.05, 0) is 44.5 Å². The minimum Gasteiger partial charge on any atom is -0.378 e. The average Bonchev–Trinajstić information content (AvgIpc) is 3.00. The van der Waals surface area contributed by atoms with Crippen molar-refractivity contribution in [3.8, 4) is 0 Å². The van der Waals surface area contributed by atoms with Crippen LogP contribution in [-0.4, -0.2) is 42.0 Å². The minimum atomic E-state index is -0.448. The lowest BCUT2D eigenvalue weighted by atomic mass is 10.1. The summed E-state index contributed by atoms with van der Waals surface area (Å²) >= 11 is 1.71. The number of aryl methyl sites for hydroxylation is 2. The summed E-state index contributed by atoms with van der Waals surface area (Å²) in [5.74, 6) is -0.203. The SMILES string of the molecule is Cc1cc(C(C)Nc2ccc(C(=O)N3CCOCC3)cc2[N+](=O)[O-])c(C)s1. The molecule has 27 heavy (non-hydrogen) atoms. The van der Waals surface area contributed by atoms with Crippen LogP contribution < -0.4 is 5.32 Å². The van der Waals surface area contributed by atoms with E-state index in [2.05, 4.69) is 11.4 Å². The number of hydrogen-bond acceptors (Lipinski definition) is 6. The van der Waals surface area contributed by atoms with Crippen molar-refractivity contribution in [3.05, 3.63) is 55.3 Å². The molecule has 2 aromatic rings. The zero-order valence-electron chi connectivity index (χ0n) is 15.7. The van der Waals surface area contributed by atoms with Crippen LogP contribution in [0.3, 0.4) is 0 Å². The smallest absolute Gasteiger partial charge is 0.293 e. The highest BCUT2D eigenvalue weighted by Gasteiger charge is 2.23. The maximum Gasteiger partial charge on any atom is 0.293 e. The topological polar surface area (TPSA) is 84.7 Å². The molecule has 0 radical (unpaired) electrons. The maximum atomic E-state index is 12.6. The van der Waals surface area contributed by atoms with Crippen molar-refractivity contribution >= 4 is 28.6 Å². The van der Waals surface area contributed by atoms with E-state index in [9.17, 15) is 14.9 Å². The Morgan fingerprint density at radius 2 is 2.00 bits per heavy atom. The third-order valence-electron chi connectivity index (χ3n) is 4.66. The molecular formula is C19H23N3O4S. The van der Waals surface area contributed by atoms with Gasteiger partial charge < -0.3 is 15.0 Å². The average molecular weight is 389 g/mol. The predicted octanol–water partition coefficient (Wildman–Crippen LogP) is 3.92. The van der Waals surface area contributed by atoms with E-state index in [1.54, 1.807) is 28.4 Å². The van der Waals surface area contributed by atoms with E-state index >= 15 is 0 Å². The standard InChI is InChI=1S/C19H23N3O4S/c1-12-10-16(14(3)27-12)13(2)20-17-5-4-15(11-18(17)22(24)25)19(23)21-6-8-26-9-7-21/h4-5,10-11,13,20H,6-9H2,1-3H3. The molecule has 1 unspecified atom stereocenters. The quantitative estimate of drug-likeness (QED) is 0.619. The molecule has 3 rings (SSSR count). The molecule has 1 aromatic carbocycles. The number of carbonyl (C=O) groups is 1.